The summed E-state index contributed by atoms with van der Waals surface area (Å²) in [6.45, 7) is 2.81. The van der Waals surface area contributed by atoms with Gasteiger partial charge in [-0.1, -0.05) is 41.9 Å². The fourth-order valence-electron chi connectivity index (χ4n) is 4.46. The van der Waals surface area contributed by atoms with Gasteiger partial charge in [0, 0.05) is 30.2 Å². The number of benzene rings is 3. The van der Waals surface area contributed by atoms with Crippen molar-refractivity contribution in [3.05, 3.63) is 95.3 Å². The molecule has 0 radical (unpaired) electrons. The average Bonchev–Trinajstić information content (AvgIpc) is 3.21. The molecular weight excluding hydrogens is 434 g/mol. The highest BCUT2D eigenvalue weighted by atomic mass is 35.5. The van der Waals surface area contributed by atoms with Crippen molar-refractivity contribution in [3.63, 3.8) is 0 Å². The lowest BCUT2D eigenvalue weighted by Crippen LogP contribution is -2.39. The number of fused-ring (bicyclic) bond motifs is 1. The van der Waals surface area contributed by atoms with Crippen LogP contribution in [0, 0.1) is 5.92 Å². The first-order chi connectivity index (χ1) is 16.2. The Hall–Kier alpha value is -3.31. The predicted molar refractivity (Wildman–Crippen MR) is 131 cm³/mol. The molecule has 2 heterocycles. The van der Waals surface area contributed by atoms with Crippen LogP contribution in [0.15, 0.2) is 78.9 Å². The first kappa shape index (κ1) is 21.5. The smallest absolute Gasteiger partial charge is 0.253 e. The number of ether oxygens (including phenoxy) is 1. The molecule has 1 fully saturated rings. The minimum atomic E-state index is 0.0788. The van der Waals surface area contributed by atoms with Crippen LogP contribution < -0.4 is 4.74 Å². The molecule has 0 bridgehead atoms. The molecule has 0 unspecified atom stereocenters. The van der Waals surface area contributed by atoms with E-state index < -0.39 is 0 Å². The number of halogens is 1. The van der Waals surface area contributed by atoms with Gasteiger partial charge in [0.1, 0.15) is 18.2 Å². The maximum absolute atomic E-state index is 12.8. The molecule has 0 atom stereocenters. The number of aromatic nitrogens is 2. The Balaban J connectivity index is 1.27. The van der Waals surface area contributed by atoms with Gasteiger partial charge in [-0.2, -0.15) is 0 Å². The van der Waals surface area contributed by atoms with E-state index in [2.05, 4.69) is 16.7 Å². The third kappa shape index (κ3) is 4.88. The number of piperidine rings is 1. The third-order valence-electron chi connectivity index (χ3n) is 6.28. The summed E-state index contributed by atoms with van der Waals surface area (Å²) in [5, 5.41) is 0.643. The molecule has 168 valence electrons. The van der Waals surface area contributed by atoms with Gasteiger partial charge in [-0.3, -0.25) is 4.79 Å². The molecular formula is C27H26ClN3O2. The molecule has 1 saturated heterocycles. The molecule has 6 heteroatoms. The van der Waals surface area contributed by atoms with Crippen LogP contribution in [-0.4, -0.2) is 33.4 Å². The van der Waals surface area contributed by atoms with Gasteiger partial charge in [-0.05, 0) is 67.3 Å². The Labute approximate surface area is 198 Å². The SMILES string of the molecule is O=C(c1ccc(Cl)cc1)N1CCC(Cn2c(COc3ccccc3)nc3ccccc32)CC1. The number of nitrogens with zero attached hydrogens (tertiary/aromatic N) is 3. The van der Waals surface area contributed by atoms with Crippen LogP contribution in [0.2, 0.25) is 5.02 Å². The van der Waals surface area contributed by atoms with Gasteiger partial charge in [0.15, 0.2) is 0 Å². The Kier molecular flexibility index (Phi) is 6.31. The van der Waals surface area contributed by atoms with Crippen molar-refractivity contribution in [2.45, 2.75) is 26.0 Å². The third-order valence-corrected chi connectivity index (χ3v) is 6.53. The van der Waals surface area contributed by atoms with Crippen LogP contribution >= 0.6 is 11.6 Å². The van der Waals surface area contributed by atoms with E-state index in [1.807, 2.05) is 47.4 Å². The Morgan fingerprint density at radius 2 is 1.64 bits per heavy atom. The van der Waals surface area contributed by atoms with Crippen LogP contribution in [0.25, 0.3) is 11.0 Å². The topological polar surface area (TPSA) is 47.4 Å². The van der Waals surface area contributed by atoms with Crippen molar-refractivity contribution in [3.8, 4) is 5.75 Å². The molecule has 0 N–H and O–H groups in total. The van der Waals surface area contributed by atoms with Crippen molar-refractivity contribution in [1.82, 2.24) is 14.5 Å². The van der Waals surface area contributed by atoms with Gasteiger partial charge in [0.25, 0.3) is 5.91 Å². The normalized spacial score (nSPS) is 14.5. The van der Waals surface area contributed by atoms with E-state index in [0.29, 0.717) is 23.1 Å². The van der Waals surface area contributed by atoms with Crippen molar-refractivity contribution in [1.29, 1.82) is 0 Å². The first-order valence-electron chi connectivity index (χ1n) is 11.3. The first-order valence-corrected chi connectivity index (χ1v) is 11.7. The van der Waals surface area contributed by atoms with Gasteiger partial charge in [-0.15, -0.1) is 0 Å². The summed E-state index contributed by atoms with van der Waals surface area (Å²) < 4.78 is 8.30. The lowest BCUT2D eigenvalue weighted by molar-refractivity contribution is 0.0682. The maximum Gasteiger partial charge on any atom is 0.253 e. The number of likely N-dealkylation sites (tertiary alicyclic amines) is 1. The predicted octanol–water partition coefficient (Wildman–Crippen LogP) is 5.82. The number of amides is 1. The van der Waals surface area contributed by atoms with Gasteiger partial charge >= 0.3 is 0 Å². The second-order valence-corrected chi connectivity index (χ2v) is 8.91. The van der Waals surface area contributed by atoms with Crippen LogP contribution in [0.4, 0.5) is 0 Å². The van der Waals surface area contributed by atoms with Gasteiger partial charge in [-0.25, -0.2) is 4.98 Å². The highest BCUT2D eigenvalue weighted by Gasteiger charge is 2.25. The number of carbonyl (C=O) groups excluding carboxylic acids is 1. The molecule has 5 rings (SSSR count). The molecule has 4 aromatic rings. The minimum absolute atomic E-state index is 0.0788. The number of hydrogen-bond donors (Lipinski definition) is 0. The average molecular weight is 460 g/mol. The lowest BCUT2D eigenvalue weighted by Gasteiger charge is -2.32. The zero-order valence-electron chi connectivity index (χ0n) is 18.4. The zero-order valence-corrected chi connectivity index (χ0v) is 19.1. The quantitative estimate of drug-likeness (QED) is 0.365. The Bertz CT molecular complexity index is 1230. The number of carbonyl (C=O) groups is 1. The van der Waals surface area contributed by atoms with Crippen LogP contribution in [0.5, 0.6) is 5.75 Å². The van der Waals surface area contributed by atoms with E-state index >= 15 is 0 Å². The largest absolute Gasteiger partial charge is 0.486 e. The van der Waals surface area contributed by atoms with E-state index in [1.54, 1.807) is 24.3 Å². The Morgan fingerprint density at radius 3 is 2.39 bits per heavy atom. The number of hydrogen-bond acceptors (Lipinski definition) is 3. The molecule has 3 aromatic carbocycles. The monoisotopic (exact) mass is 459 g/mol. The summed E-state index contributed by atoms with van der Waals surface area (Å²) in [5.41, 5.74) is 2.81. The second-order valence-electron chi connectivity index (χ2n) is 8.47. The molecule has 0 saturated carbocycles. The molecule has 1 aliphatic rings. The maximum atomic E-state index is 12.8. The fraction of sp³-hybridized carbons (Fsp3) is 0.259. The van der Waals surface area contributed by atoms with Gasteiger partial charge in [0.05, 0.1) is 11.0 Å². The van der Waals surface area contributed by atoms with Crippen molar-refractivity contribution in [2.75, 3.05) is 13.1 Å². The Morgan fingerprint density at radius 1 is 0.939 bits per heavy atom. The van der Waals surface area contributed by atoms with Crippen LogP contribution in [0.1, 0.15) is 29.0 Å². The molecule has 0 spiro atoms. The highest BCUT2D eigenvalue weighted by molar-refractivity contribution is 6.30. The van der Waals surface area contributed by atoms with E-state index in [-0.39, 0.29) is 5.91 Å². The molecule has 0 aliphatic carbocycles. The van der Waals surface area contributed by atoms with Crippen molar-refractivity contribution >= 4 is 28.5 Å². The number of imidazole rings is 1. The zero-order chi connectivity index (χ0) is 22.6. The van der Waals surface area contributed by atoms with E-state index in [0.717, 1.165) is 55.1 Å². The summed E-state index contributed by atoms with van der Waals surface area (Å²) in [7, 11) is 0. The van der Waals surface area contributed by atoms with Gasteiger partial charge in [0.2, 0.25) is 0 Å². The molecule has 33 heavy (non-hydrogen) atoms. The minimum Gasteiger partial charge on any atom is -0.486 e. The summed E-state index contributed by atoms with van der Waals surface area (Å²) in [6, 6.07) is 25.2. The number of para-hydroxylation sites is 3. The summed E-state index contributed by atoms with van der Waals surface area (Å²) in [4.78, 5) is 19.6. The number of rotatable bonds is 6. The van der Waals surface area contributed by atoms with E-state index in [1.165, 1.54) is 0 Å². The van der Waals surface area contributed by atoms with Crippen molar-refractivity contribution in [2.24, 2.45) is 5.92 Å². The highest BCUT2D eigenvalue weighted by Crippen LogP contribution is 2.25. The van der Waals surface area contributed by atoms with Crippen molar-refractivity contribution < 1.29 is 9.53 Å². The summed E-state index contributed by atoms with van der Waals surface area (Å²) in [5.74, 6) is 2.33. The van der Waals surface area contributed by atoms with Crippen LogP contribution in [-0.2, 0) is 13.2 Å². The van der Waals surface area contributed by atoms with E-state index in [4.69, 9.17) is 21.3 Å². The van der Waals surface area contributed by atoms with E-state index in [9.17, 15) is 4.79 Å². The summed E-state index contributed by atoms with van der Waals surface area (Å²) >= 11 is 5.96. The van der Waals surface area contributed by atoms with Crippen LogP contribution in [0.3, 0.4) is 0 Å². The molecule has 5 nitrogen and oxygen atoms in total. The summed E-state index contributed by atoms with van der Waals surface area (Å²) in [6.07, 6.45) is 1.93. The lowest BCUT2D eigenvalue weighted by atomic mass is 9.96. The molecule has 1 aliphatic heterocycles. The molecule has 1 amide bonds. The second kappa shape index (κ2) is 9.67. The molecule has 1 aromatic heterocycles. The fourth-order valence-corrected chi connectivity index (χ4v) is 4.58. The standard InChI is InChI=1S/C27H26ClN3O2/c28-22-12-10-21(11-13-22)27(32)30-16-14-20(15-17-30)18-31-25-9-5-4-8-24(25)29-26(31)19-33-23-6-2-1-3-7-23/h1-13,20H,14-19H2. The van der Waals surface area contributed by atoms with Gasteiger partial charge < -0.3 is 14.2 Å².